The zero-order valence-corrected chi connectivity index (χ0v) is 14.7. The lowest BCUT2D eigenvalue weighted by Gasteiger charge is -2.14. The molecule has 0 heterocycles. The number of carbonyl (C=O) groups is 2. The van der Waals surface area contributed by atoms with Crippen LogP contribution < -0.4 is 14.2 Å². The summed E-state index contributed by atoms with van der Waals surface area (Å²) < 4.78 is 33.8. The summed E-state index contributed by atoms with van der Waals surface area (Å²) in [5, 5.41) is 0. The van der Waals surface area contributed by atoms with Gasteiger partial charge in [0.05, 0.1) is 14.2 Å². The van der Waals surface area contributed by atoms with Gasteiger partial charge in [0.1, 0.15) is 11.5 Å². The van der Waals surface area contributed by atoms with Crippen molar-refractivity contribution in [3.8, 4) is 17.2 Å². The molecule has 2 aromatic rings. The van der Waals surface area contributed by atoms with Gasteiger partial charge in [0.2, 0.25) is 0 Å². The maximum absolute atomic E-state index is 13.6. The fourth-order valence-electron chi connectivity index (χ4n) is 2.08. The molecule has 2 aromatic carbocycles. The van der Waals surface area contributed by atoms with Crippen molar-refractivity contribution in [3.05, 3.63) is 53.8 Å². The zero-order valence-electron chi connectivity index (χ0n) is 14.7. The van der Waals surface area contributed by atoms with Crippen LogP contribution in [0.5, 0.6) is 17.2 Å². The first kappa shape index (κ1) is 19.2. The van der Waals surface area contributed by atoms with Crippen LogP contribution in [0.15, 0.2) is 42.5 Å². The third-order valence-electron chi connectivity index (χ3n) is 3.52. The highest BCUT2D eigenvalue weighted by atomic mass is 19.1. The lowest BCUT2D eigenvalue weighted by molar-refractivity contribution is -0.149. The molecule has 7 heteroatoms. The first-order chi connectivity index (χ1) is 12.4. The second-order valence-corrected chi connectivity index (χ2v) is 5.32. The molecular formula is C19H19FO6. The van der Waals surface area contributed by atoms with Crippen molar-refractivity contribution in [1.82, 2.24) is 0 Å². The first-order valence-electron chi connectivity index (χ1n) is 7.78. The number of methoxy groups -OCH3 is 2. The molecule has 0 saturated carbocycles. The molecule has 2 rings (SSSR count). The van der Waals surface area contributed by atoms with Gasteiger partial charge in [-0.1, -0.05) is 0 Å². The van der Waals surface area contributed by atoms with Gasteiger partial charge in [0.15, 0.2) is 30.1 Å². The summed E-state index contributed by atoms with van der Waals surface area (Å²) in [5.74, 6) is -0.760. The smallest absolute Gasteiger partial charge is 0.347 e. The third kappa shape index (κ3) is 4.95. The molecule has 0 bridgehead atoms. The summed E-state index contributed by atoms with van der Waals surface area (Å²) in [6.07, 6.45) is -0.913. The first-order valence-corrected chi connectivity index (χ1v) is 7.78. The molecule has 138 valence electrons. The Morgan fingerprint density at radius 2 is 1.65 bits per heavy atom. The highest BCUT2D eigenvalue weighted by Gasteiger charge is 2.19. The van der Waals surface area contributed by atoms with E-state index >= 15 is 0 Å². The molecule has 0 fully saturated rings. The number of hydrogen-bond donors (Lipinski definition) is 0. The number of esters is 1. The van der Waals surface area contributed by atoms with Crippen molar-refractivity contribution in [2.24, 2.45) is 0 Å². The molecule has 0 aliphatic heterocycles. The van der Waals surface area contributed by atoms with E-state index in [2.05, 4.69) is 0 Å². The number of benzene rings is 2. The number of ketones is 1. The minimum absolute atomic E-state index is 0.0278. The van der Waals surface area contributed by atoms with Crippen molar-refractivity contribution in [2.45, 2.75) is 13.0 Å². The van der Waals surface area contributed by atoms with Crippen molar-refractivity contribution >= 4 is 11.8 Å². The Balaban J connectivity index is 1.88. The highest BCUT2D eigenvalue weighted by molar-refractivity contribution is 5.98. The molecule has 0 N–H and O–H groups in total. The summed E-state index contributed by atoms with van der Waals surface area (Å²) in [5.41, 5.74) is 0.0832. The molecule has 0 aliphatic carbocycles. The summed E-state index contributed by atoms with van der Waals surface area (Å²) in [6, 6.07) is 10.4. The van der Waals surface area contributed by atoms with Crippen LogP contribution in [-0.4, -0.2) is 38.7 Å². The van der Waals surface area contributed by atoms with Crippen LogP contribution in [0.2, 0.25) is 0 Å². The topological polar surface area (TPSA) is 71.1 Å². The Morgan fingerprint density at radius 3 is 2.23 bits per heavy atom. The predicted molar refractivity (Wildman–Crippen MR) is 91.3 cm³/mol. The Morgan fingerprint density at radius 1 is 1.00 bits per heavy atom. The normalized spacial score (nSPS) is 11.4. The van der Waals surface area contributed by atoms with Gasteiger partial charge in [0.25, 0.3) is 0 Å². The fraction of sp³-hybridized carbons (Fsp3) is 0.263. The Bertz CT molecular complexity index is 772. The maximum Gasteiger partial charge on any atom is 0.347 e. The van der Waals surface area contributed by atoms with E-state index < -0.39 is 30.3 Å². The quantitative estimate of drug-likeness (QED) is 0.531. The third-order valence-corrected chi connectivity index (χ3v) is 3.52. The van der Waals surface area contributed by atoms with Crippen LogP contribution in [0.4, 0.5) is 4.39 Å². The summed E-state index contributed by atoms with van der Waals surface area (Å²) in [6.45, 7) is 0.991. The largest absolute Gasteiger partial charge is 0.497 e. The fourth-order valence-corrected chi connectivity index (χ4v) is 2.08. The van der Waals surface area contributed by atoms with Gasteiger partial charge in [-0.3, -0.25) is 4.79 Å². The molecule has 0 saturated heterocycles. The molecule has 0 aliphatic rings. The average Bonchev–Trinajstić information content (AvgIpc) is 2.66. The molecule has 1 unspecified atom stereocenters. The van der Waals surface area contributed by atoms with Crippen LogP contribution in [-0.2, 0) is 9.53 Å². The SMILES string of the molecule is COc1ccc(OC(C)C(=O)OCC(=O)c2ccc(OC)c(F)c2)cc1. The highest BCUT2D eigenvalue weighted by Crippen LogP contribution is 2.19. The number of ether oxygens (including phenoxy) is 4. The molecule has 6 nitrogen and oxygen atoms in total. The lowest BCUT2D eigenvalue weighted by Crippen LogP contribution is -2.28. The van der Waals surface area contributed by atoms with Crippen LogP contribution in [0.3, 0.4) is 0 Å². The number of rotatable bonds is 8. The van der Waals surface area contributed by atoms with E-state index in [1.165, 1.54) is 26.2 Å². The predicted octanol–water partition coefficient (Wildman–Crippen LogP) is 3.04. The van der Waals surface area contributed by atoms with Gasteiger partial charge in [0, 0.05) is 5.56 Å². The Hall–Kier alpha value is -3.09. The number of hydrogen-bond acceptors (Lipinski definition) is 6. The molecular weight excluding hydrogens is 343 g/mol. The summed E-state index contributed by atoms with van der Waals surface area (Å²) >= 11 is 0. The monoisotopic (exact) mass is 362 g/mol. The molecule has 26 heavy (non-hydrogen) atoms. The minimum atomic E-state index is -0.913. The van der Waals surface area contributed by atoms with Gasteiger partial charge in [-0.15, -0.1) is 0 Å². The van der Waals surface area contributed by atoms with Gasteiger partial charge in [-0.05, 0) is 49.4 Å². The second-order valence-electron chi connectivity index (χ2n) is 5.32. The molecule has 0 spiro atoms. The van der Waals surface area contributed by atoms with Gasteiger partial charge in [-0.25, -0.2) is 9.18 Å². The van der Waals surface area contributed by atoms with E-state index in [0.29, 0.717) is 11.5 Å². The molecule has 0 radical (unpaired) electrons. The maximum atomic E-state index is 13.6. The lowest BCUT2D eigenvalue weighted by atomic mass is 10.1. The van der Waals surface area contributed by atoms with Crippen molar-refractivity contribution in [3.63, 3.8) is 0 Å². The Labute approximate surface area is 150 Å². The Kier molecular flexibility index (Phi) is 6.54. The van der Waals surface area contributed by atoms with Gasteiger partial charge in [-0.2, -0.15) is 0 Å². The number of Topliss-reactive ketones (excluding diaryl/α,β-unsaturated/α-hetero) is 1. The zero-order chi connectivity index (χ0) is 19.1. The van der Waals surface area contributed by atoms with E-state index in [4.69, 9.17) is 18.9 Å². The minimum Gasteiger partial charge on any atom is -0.497 e. The van der Waals surface area contributed by atoms with E-state index in [9.17, 15) is 14.0 Å². The van der Waals surface area contributed by atoms with E-state index in [1.807, 2.05) is 0 Å². The van der Waals surface area contributed by atoms with Crippen LogP contribution >= 0.6 is 0 Å². The van der Waals surface area contributed by atoms with E-state index in [1.54, 1.807) is 31.4 Å². The summed E-state index contributed by atoms with van der Waals surface area (Å²) in [7, 11) is 2.87. The average molecular weight is 362 g/mol. The molecule has 1 atom stereocenters. The van der Waals surface area contributed by atoms with E-state index in [-0.39, 0.29) is 11.3 Å². The van der Waals surface area contributed by atoms with Crippen molar-refractivity contribution in [1.29, 1.82) is 0 Å². The number of carbonyl (C=O) groups excluding carboxylic acids is 2. The van der Waals surface area contributed by atoms with Crippen LogP contribution in [0.25, 0.3) is 0 Å². The standard InChI is InChI=1S/C19H19FO6/c1-12(26-15-7-5-14(23-2)6-8-15)19(22)25-11-17(21)13-4-9-18(24-3)16(20)10-13/h4-10,12H,11H2,1-3H3. The van der Waals surface area contributed by atoms with E-state index in [0.717, 1.165) is 6.07 Å². The van der Waals surface area contributed by atoms with Gasteiger partial charge < -0.3 is 18.9 Å². The summed E-state index contributed by atoms with van der Waals surface area (Å²) in [4.78, 5) is 24.0. The molecule has 0 amide bonds. The second kappa shape index (κ2) is 8.84. The van der Waals surface area contributed by atoms with Gasteiger partial charge >= 0.3 is 5.97 Å². The number of halogens is 1. The van der Waals surface area contributed by atoms with Crippen LogP contribution in [0.1, 0.15) is 17.3 Å². The van der Waals surface area contributed by atoms with Crippen molar-refractivity contribution in [2.75, 3.05) is 20.8 Å². The van der Waals surface area contributed by atoms with Crippen molar-refractivity contribution < 1.29 is 32.9 Å². The van der Waals surface area contributed by atoms with Crippen LogP contribution in [0, 0.1) is 5.82 Å². The molecule has 0 aromatic heterocycles.